The summed E-state index contributed by atoms with van der Waals surface area (Å²) in [5.74, 6) is 1.19. The van der Waals surface area contributed by atoms with Crippen LogP contribution >= 0.6 is 11.6 Å². The highest BCUT2D eigenvalue weighted by atomic mass is 35.5. The van der Waals surface area contributed by atoms with E-state index in [1.54, 1.807) is 17.0 Å². The maximum Gasteiger partial charge on any atom is 0.268 e. The van der Waals surface area contributed by atoms with Crippen molar-refractivity contribution >= 4 is 29.3 Å². The number of anilines is 1. The molecular formula is C28H25ClN2O4. The number of fused-ring (bicyclic) bond motifs is 1. The smallest absolute Gasteiger partial charge is 0.268 e. The molecule has 6 nitrogen and oxygen atoms in total. The molecule has 0 bridgehead atoms. The number of methoxy groups -OCH3 is 1. The van der Waals surface area contributed by atoms with E-state index in [-0.39, 0.29) is 18.1 Å². The molecule has 0 spiro atoms. The number of halogens is 1. The van der Waals surface area contributed by atoms with Crippen LogP contribution < -0.4 is 19.1 Å². The van der Waals surface area contributed by atoms with Crippen molar-refractivity contribution in [2.75, 3.05) is 31.8 Å². The lowest BCUT2D eigenvalue weighted by Gasteiger charge is -2.17. The summed E-state index contributed by atoms with van der Waals surface area (Å²) >= 11 is 6.48. The zero-order valence-corrected chi connectivity index (χ0v) is 20.3. The van der Waals surface area contributed by atoms with Gasteiger partial charge in [0.05, 0.1) is 12.1 Å². The molecule has 1 aliphatic heterocycles. The van der Waals surface area contributed by atoms with Gasteiger partial charge >= 0.3 is 0 Å². The predicted molar refractivity (Wildman–Crippen MR) is 136 cm³/mol. The van der Waals surface area contributed by atoms with Crippen molar-refractivity contribution in [3.05, 3.63) is 87.9 Å². The summed E-state index contributed by atoms with van der Waals surface area (Å²) < 4.78 is 17.0. The number of para-hydroxylation sites is 1. The van der Waals surface area contributed by atoms with Crippen molar-refractivity contribution < 1.29 is 19.0 Å². The average Bonchev–Trinajstić information content (AvgIpc) is 3.29. The molecule has 0 fully saturated rings. The van der Waals surface area contributed by atoms with Gasteiger partial charge in [0.2, 0.25) is 0 Å². The maximum absolute atomic E-state index is 13.1. The summed E-state index contributed by atoms with van der Waals surface area (Å²) in [6, 6.07) is 20.8. The van der Waals surface area contributed by atoms with E-state index in [1.807, 2.05) is 61.5 Å². The van der Waals surface area contributed by atoms with Gasteiger partial charge in [-0.3, -0.25) is 4.79 Å². The van der Waals surface area contributed by atoms with E-state index in [1.165, 1.54) is 13.2 Å². The topological polar surface area (TPSA) is 71.8 Å². The SMILES string of the molecule is COc1cc(/C=C(\C#N)C(=O)N2CCc3ccccc32)cc(Cl)c1OCCOc1cccc(C)c1. The van der Waals surface area contributed by atoms with Gasteiger partial charge in [0.15, 0.2) is 11.5 Å². The number of nitriles is 1. The van der Waals surface area contributed by atoms with Crippen LogP contribution in [0.15, 0.2) is 66.2 Å². The van der Waals surface area contributed by atoms with Crippen LogP contribution in [-0.2, 0) is 11.2 Å². The van der Waals surface area contributed by atoms with Crippen LogP contribution in [0.1, 0.15) is 16.7 Å². The van der Waals surface area contributed by atoms with E-state index in [0.717, 1.165) is 29.0 Å². The van der Waals surface area contributed by atoms with Crippen molar-refractivity contribution in [1.82, 2.24) is 0 Å². The highest BCUT2D eigenvalue weighted by molar-refractivity contribution is 6.32. The van der Waals surface area contributed by atoms with Gasteiger partial charge in [-0.25, -0.2) is 0 Å². The molecule has 0 aliphatic carbocycles. The Morgan fingerprint density at radius 1 is 1.11 bits per heavy atom. The van der Waals surface area contributed by atoms with Crippen molar-refractivity contribution in [3.8, 4) is 23.3 Å². The molecule has 0 atom stereocenters. The summed E-state index contributed by atoms with van der Waals surface area (Å²) in [4.78, 5) is 14.7. The normalized spacial score (nSPS) is 12.6. The first-order valence-electron chi connectivity index (χ1n) is 11.2. The van der Waals surface area contributed by atoms with Crippen LogP contribution in [0.25, 0.3) is 6.08 Å². The first-order valence-corrected chi connectivity index (χ1v) is 11.6. The Labute approximate surface area is 209 Å². The molecule has 0 saturated heterocycles. The third-order valence-corrected chi connectivity index (χ3v) is 5.91. The summed E-state index contributed by atoms with van der Waals surface area (Å²) in [7, 11) is 1.51. The zero-order chi connectivity index (χ0) is 24.8. The van der Waals surface area contributed by atoms with Gasteiger partial charge in [0, 0.05) is 12.2 Å². The molecule has 1 aliphatic rings. The molecular weight excluding hydrogens is 464 g/mol. The molecule has 0 saturated carbocycles. The Hall–Kier alpha value is -3.95. The fourth-order valence-electron chi connectivity index (χ4n) is 3.97. The fraction of sp³-hybridized carbons (Fsp3) is 0.214. The van der Waals surface area contributed by atoms with E-state index < -0.39 is 0 Å². The molecule has 178 valence electrons. The number of carbonyl (C=O) groups is 1. The van der Waals surface area contributed by atoms with Gasteiger partial charge in [-0.05, 0) is 66.4 Å². The van der Waals surface area contributed by atoms with Crippen molar-refractivity contribution in [2.45, 2.75) is 13.3 Å². The number of carbonyl (C=O) groups excluding carboxylic acids is 1. The minimum Gasteiger partial charge on any atom is -0.493 e. The summed E-state index contributed by atoms with van der Waals surface area (Å²) in [6.07, 6.45) is 2.28. The molecule has 35 heavy (non-hydrogen) atoms. The Kier molecular flexibility index (Phi) is 7.59. The number of ether oxygens (including phenoxy) is 3. The molecule has 4 rings (SSSR count). The Bertz CT molecular complexity index is 1310. The number of amides is 1. The number of benzene rings is 3. The average molecular weight is 489 g/mol. The lowest BCUT2D eigenvalue weighted by molar-refractivity contribution is -0.114. The number of nitrogens with zero attached hydrogens (tertiary/aromatic N) is 2. The zero-order valence-electron chi connectivity index (χ0n) is 19.6. The highest BCUT2D eigenvalue weighted by Crippen LogP contribution is 2.37. The van der Waals surface area contributed by atoms with Crippen LogP contribution in [0.3, 0.4) is 0 Å². The van der Waals surface area contributed by atoms with E-state index >= 15 is 0 Å². The van der Waals surface area contributed by atoms with Gasteiger partial charge in [0.1, 0.15) is 30.6 Å². The molecule has 0 aromatic heterocycles. The number of rotatable bonds is 8. The summed E-state index contributed by atoms with van der Waals surface area (Å²) in [6.45, 7) is 3.13. The minimum atomic E-state index is -0.346. The van der Waals surface area contributed by atoms with Crippen molar-refractivity contribution in [3.63, 3.8) is 0 Å². The van der Waals surface area contributed by atoms with Crippen molar-refractivity contribution in [1.29, 1.82) is 5.26 Å². The van der Waals surface area contributed by atoms with E-state index in [9.17, 15) is 10.1 Å². The molecule has 0 N–H and O–H groups in total. The monoisotopic (exact) mass is 488 g/mol. The van der Waals surface area contributed by atoms with Crippen LogP contribution in [-0.4, -0.2) is 32.8 Å². The predicted octanol–water partition coefficient (Wildman–Crippen LogP) is 5.61. The third kappa shape index (κ3) is 5.59. The Morgan fingerprint density at radius 3 is 2.69 bits per heavy atom. The lowest BCUT2D eigenvalue weighted by Crippen LogP contribution is -2.29. The van der Waals surface area contributed by atoms with Gasteiger partial charge in [0.25, 0.3) is 5.91 Å². The van der Waals surface area contributed by atoms with E-state index in [0.29, 0.717) is 35.2 Å². The molecule has 3 aromatic rings. The van der Waals surface area contributed by atoms with Crippen molar-refractivity contribution in [2.24, 2.45) is 0 Å². The number of aryl methyl sites for hydroxylation is 1. The van der Waals surface area contributed by atoms with Crippen LogP contribution in [0, 0.1) is 18.3 Å². The molecule has 0 unspecified atom stereocenters. The number of hydrogen-bond donors (Lipinski definition) is 0. The first kappa shape index (κ1) is 24.2. The lowest BCUT2D eigenvalue weighted by atomic mass is 10.1. The van der Waals surface area contributed by atoms with Gasteiger partial charge in [-0.15, -0.1) is 0 Å². The largest absolute Gasteiger partial charge is 0.493 e. The second-order valence-electron chi connectivity index (χ2n) is 8.05. The number of hydrogen-bond acceptors (Lipinski definition) is 5. The minimum absolute atomic E-state index is 0.0139. The first-order chi connectivity index (χ1) is 17.0. The molecule has 3 aromatic carbocycles. The Morgan fingerprint density at radius 2 is 1.91 bits per heavy atom. The standard InChI is InChI=1S/C28H25ClN2O4/c1-19-6-5-8-23(14-19)34-12-13-35-27-24(29)16-20(17-26(27)33-2)15-22(18-30)28(32)31-11-10-21-7-3-4-9-25(21)31/h3-9,14-17H,10-13H2,1-2H3/b22-15+. The van der Waals surface area contributed by atoms with Crippen LogP contribution in [0.2, 0.25) is 5.02 Å². The molecule has 0 radical (unpaired) electrons. The van der Waals surface area contributed by atoms with Crippen LogP contribution in [0.4, 0.5) is 5.69 Å². The third-order valence-electron chi connectivity index (χ3n) is 5.63. The van der Waals surface area contributed by atoms with E-state index in [4.69, 9.17) is 25.8 Å². The second kappa shape index (κ2) is 11.0. The fourth-order valence-corrected chi connectivity index (χ4v) is 4.25. The van der Waals surface area contributed by atoms with E-state index in [2.05, 4.69) is 0 Å². The van der Waals surface area contributed by atoms with Gasteiger partial charge in [-0.2, -0.15) is 5.26 Å². The van der Waals surface area contributed by atoms with Gasteiger partial charge in [-0.1, -0.05) is 41.9 Å². The summed E-state index contributed by atoms with van der Waals surface area (Å²) in [5.41, 5.74) is 3.62. The van der Waals surface area contributed by atoms with Gasteiger partial charge < -0.3 is 19.1 Å². The highest BCUT2D eigenvalue weighted by Gasteiger charge is 2.26. The maximum atomic E-state index is 13.1. The molecule has 1 amide bonds. The van der Waals surface area contributed by atoms with Crippen LogP contribution in [0.5, 0.6) is 17.2 Å². The summed E-state index contributed by atoms with van der Waals surface area (Å²) in [5, 5.41) is 10.0. The molecule has 1 heterocycles. The Balaban J connectivity index is 1.47. The quantitative estimate of drug-likeness (QED) is 0.234. The second-order valence-corrected chi connectivity index (χ2v) is 8.46. The molecule has 7 heteroatoms.